The van der Waals surface area contributed by atoms with Gasteiger partial charge in [0.25, 0.3) is 5.91 Å². The molecule has 0 aromatic heterocycles. The van der Waals surface area contributed by atoms with Crippen LogP contribution in [-0.2, 0) is 9.53 Å². The van der Waals surface area contributed by atoms with Gasteiger partial charge < -0.3 is 15.2 Å². The van der Waals surface area contributed by atoms with E-state index < -0.39 is 23.9 Å². The molecule has 0 aliphatic heterocycles. The summed E-state index contributed by atoms with van der Waals surface area (Å²) < 4.78 is 4.57. The molecule has 1 rings (SSSR count). The second kappa shape index (κ2) is 7.23. The minimum absolute atomic E-state index is 0.137. The Kier molecular flexibility index (Phi) is 5.66. The van der Waals surface area contributed by atoms with Crippen LogP contribution in [0.1, 0.15) is 34.1 Å². The lowest BCUT2D eigenvalue weighted by molar-refractivity contribution is -0.139. The maximum Gasteiger partial charge on any atom is 0.337 e. The Labute approximate surface area is 122 Å². The van der Waals surface area contributed by atoms with Gasteiger partial charge in [0, 0.05) is 5.56 Å². The highest BCUT2D eigenvalue weighted by molar-refractivity contribution is 5.99. The van der Waals surface area contributed by atoms with Gasteiger partial charge in [0.05, 0.1) is 12.7 Å². The molecule has 1 amide bonds. The summed E-state index contributed by atoms with van der Waals surface area (Å²) in [5.74, 6) is -2.29. The highest BCUT2D eigenvalue weighted by Gasteiger charge is 2.21. The third-order valence-electron chi connectivity index (χ3n) is 2.70. The summed E-state index contributed by atoms with van der Waals surface area (Å²) in [5, 5.41) is 11.5. The molecule has 1 aromatic carbocycles. The first-order valence-electron chi connectivity index (χ1n) is 6.21. The lowest BCUT2D eigenvalue weighted by Gasteiger charge is -2.14. The van der Waals surface area contributed by atoms with Gasteiger partial charge in [-0.25, -0.2) is 9.59 Å². The SMILES string of the molecule is C=C(C)C[C@@H](NC(=O)c1cccc(C(=O)OC)c1)C(=O)O. The molecule has 0 bridgehead atoms. The fraction of sp³-hybridized carbons (Fsp3) is 0.267. The van der Waals surface area contributed by atoms with Crippen LogP contribution in [0.3, 0.4) is 0 Å². The van der Waals surface area contributed by atoms with Gasteiger partial charge in [-0.3, -0.25) is 4.79 Å². The van der Waals surface area contributed by atoms with Crippen molar-refractivity contribution in [2.45, 2.75) is 19.4 Å². The van der Waals surface area contributed by atoms with Crippen LogP contribution in [0.5, 0.6) is 0 Å². The van der Waals surface area contributed by atoms with Crippen LogP contribution in [0, 0.1) is 0 Å². The van der Waals surface area contributed by atoms with E-state index in [1.54, 1.807) is 6.92 Å². The number of carbonyl (C=O) groups is 3. The second-order valence-corrected chi connectivity index (χ2v) is 4.60. The van der Waals surface area contributed by atoms with Gasteiger partial charge in [-0.05, 0) is 31.5 Å². The molecule has 0 fully saturated rings. The maximum atomic E-state index is 12.0. The Morgan fingerprint density at radius 2 is 1.95 bits per heavy atom. The second-order valence-electron chi connectivity index (χ2n) is 4.60. The average molecular weight is 291 g/mol. The third-order valence-corrected chi connectivity index (χ3v) is 2.70. The van der Waals surface area contributed by atoms with Crippen LogP contribution in [-0.4, -0.2) is 36.1 Å². The van der Waals surface area contributed by atoms with Crippen molar-refractivity contribution < 1.29 is 24.2 Å². The summed E-state index contributed by atoms with van der Waals surface area (Å²) in [6, 6.07) is 4.81. The summed E-state index contributed by atoms with van der Waals surface area (Å²) >= 11 is 0. The topological polar surface area (TPSA) is 92.7 Å². The molecule has 6 nitrogen and oxygen atoms in total. The number of methoxy groups -OCH3 is 1. The number of amides is 1. The van der Waals surface area contributed by atoms with Crippen molar-refractivity contribution in [3.63, 3.8) is 0 Å². The Morgan fingerprint density at radius 3 is 2.48 bits per heavy atom. The van der Waals surface area contributed by atoms with Gasteiger partial charge in [0.2, 0.25) is 0 Å². The summed E-state index contributed by atoms with van der Waals surface area (Å²) in [7, 11) is 1.24. The normalized spacial score (nSPS) is 11.3. The van der Waals surface area contributed by atoms with Crippen molar-refractivity contribution in [3.05, 3.63) is 47.5 Å². The van der Waals surface area contributed by atoms with Gasteiger partial charge in [-0.2, -0.15) is 0 Å². The summed E-state index contributed by atoms with van der Waals surface area (Å²) in [6.07, 6.45) is 0.137. The fourth-order valence-electron chi connectivity index (χ4n) is 1.70. The maximum absolute atomic E-state index is 12.0. The largest absolute Gasteiger partial charge is 0.480 e. The van der Waals surface area contributed by atoms with Gasteiger partial charge >= 0.3 is 11.9 Å². The molecule has 0 spiro atoms. The smallest absolute Gasteiger partial charge is 0.337 e. The van der Waals surface area contributed by atoms with Gasteiger partial charge in [-0.15, -0.1) is 6.58 Å². The van der Waals surface area contributed by atoms with Crippen LogP contribution < -0.4 is 5.32 Å². The first-order chi connectivity index (χ1) is 9.85. The molecule has 0 aliphatic carbocycles. The number of carboxylic acid groups (broad SMARTS) is 1. The molecule has 0 saturated carbocycles. The van der Waals surface area contributed by atoms with Crippen molar-refractivity contribution in [1.29, 1.82) is 0 Å². The molecule has 6 heteroatoms. The Bertz CT molecular complexity index is 579. The van der Waals surface area contributed by atoms with Gasteiger partial charge in [0.15, 0.2) is 0 Å². The summed E-state index contributed by atoms with van der Waals surface area (Å²) in [5.41, 5.74) is 1.05. The molecular weight excluding hydrogens is 274 g/mol. The van der Waals surface area contributed by atoms with E-state index in [1.165, 1.54) is 31.4 Å². The molecule has 0 aliphatic rings. The van der Waals surface area contributed by atoms with E-state index in [-0.39, 0.29) is 17.5 Å². The highest BCUT2D eigenvalue weighted by Crippen LogP contribution is 2.09. The minimum atomic E-state index is -1.14. The van der Waals surface area contributed by atoms with Crippen LogP contribution in [0.4, 0.5) is 0 Å². The number of esters is 1. The molecule has 21 heavy (non-hydrogen) atoms. The van der Waals surface area contributed by atoms with E-state index in [0.29, 0.717) is 5.57 Å². The zero-order valence-electron chi connectivity index (χ0n) is 11.9. The van der Waals surface area contributed by atoms with E-state index in [1.807, 2.05) is 0 Å². The number of nitrogens with one attached hydrogen (secondary N) is 1. The number of hydrogen-bond donors (Lipinski definition) is 2. The lowest BCUT2D eigenvalue weighted by Crippen LogP contribution is -2.40. The van der Waals surface area contributed by atoms with E-state index in [0.717, 1.165) is 0 Å². The average Bonchev–Trinajstić information content (AvgIpc) is 2.45. The first kappa shape index (κ1) is 16.4. The molecule has 2 N–H and O–H groups in total. The highest BCUT2D eigenvalue weighted by atomic mass is 16.5. The fourth-order valence-corrected chi connectivity index (χ4v) is 1.70. The Hall–Kier alpha value is -2.63. The molecule has 1 aromatic rings. The number of rotatable bonds is 6. The number of benzene rings is 1. The number of aliphatic carboxylic acids is 1. The zero-order chi connectivity index (χ0) is 16.0. The van der Waals surface area contributed by atoms with Crippen LogP contribution in [0.2, 0.25) is 0 Å². The monoisotopic (exact) mass is 291 g/mol. The minimum Gasteiger partial charge on any atom is -0.480 e. The number of ether oxygens (including phenoxy) is 1. The third kappa shape index (κ3) is 4.76. The molecule has 0 heterocycles. The number of carboxylic acids is 1. The van der Waals surface area contributed by atoms with Crippen molar-refractivity contribution in [2.24, 2.45) is 0 Å². The Balaban J connectivity index is 2.90. The molecule has 1 atom stereocenters. The molecule has 0 saturated heterocycles. The zero-order valence-corrected chi connectivity index (χ0v) is 11.9. The molecule has 112 valence electrons. The number of carbonyl (C=O) groups excluding carboxylic acids is 2. The van der Waals surface area contributed by atoms with Crippen LogP contribution in [0.15, 0.2) is 36.4 Å². The Morgan fingerprint density at radius 1 is 1.33 bits per heavy atom. The summed E-state index contributed by atoms with van der Waals surface area (Å²) in [6.45, 7) is 5.31. The number of hydrogen-bond acceptors (Lipinski definition) is 4. The lowest BCUT2D eigenvalue weighted by atomic mass is 10.1. The predicted octanol–water partition coefficient (Wildman–Crippen LogP) is 1.62. The quantitative estimate of drug-likeness (QED) is 0.613. The van der Waals surface area contributed by atoms with E-state index in [2.05, 4.69) is 16.6 Å². The first-order valence-corrected chi connectivity index (χ1v) is 6.21. The standard InChI is InChI=1S/C15H17NO5/c1-9(2)7-12(14(18)19)16-13(17)10-5-4-6-11(8-10)15(20)21-3/h4-6,8,12H,1,7H2,2-3H3,(H,16,17)(H,18,19)/t12-/m1/s1. The van der Waals surface area contributed by atoms with Crippen molar-refractivity contribution in [1.82, 2.24) is 5.32 Å². The predicted molar refractivity (Wildman–Crippen MR) is 76.1 cm³/mol. The van der Waals surface area contributed by atoms with Crippen molar-refractivity contribution in [3.8, 4) is 0 Å². The van der Waals surface area contributed by atoms with Crippen molar-refractivity contribution >= 4 is 17.8 Å². The van der Waals surface area contributed by atoms with Crippen molar-refractivity contribution in [2.75, 3.05) is 7.11 Å². The molecule has 0 unspecified atom stereocenters. The van der Waals surface area contributed by atoms with Crippen LogP contribution in [0.25, 0.3) is 0 Å². The van der Waals surface area contributed by atoms with E-state index in [9.17, 15) is 14.4 Å². The summed E-state index contributed by atoms with van der Waals surface area (Å²) in [4.78, 5) is 34.5. The van der Waals surface area contributed by atoms with Gasteiger partial charge in [-0.1, -0.05) is 11.6 Å². The van der Waals surface area contributed by atoms with E-state index >= 15 is 0 Å². The molecule has 0 radical (unpaired) electrons. The molecular formula is C15H17NO5. The van der Waals surface area contributed by atoms with Crippen LogP contribution >= 0.6 is 0 Å². The van der Waals surface area contributed by atoms with E-state index in [4.69, 9.17) is 5.11 Å². The van der Waals surface area contributed by atoms with Gasteiger partial charge in [0.1, 0.15) is 6.04 Å².